The highest BCUT2D eigenvalue weighted by Gasteiger charge is 2.29. The van der Waals surface area contributed by atoms with E-state index in [1.807, 2.05) is 55.5 Å². The maximum Gasteiger partial charge on any atom is 0.276 e. The first kappa shape index (κ1) is 21.3. The molecule has 0 unspecified atom stereocenters. The van der Waals surface area contributed by atoms with Gasteiger partial charge in [-0.15, -0.1) is 0 Å². The van der Waals surface area contributed by atoms with Crippen LogP contribution in [0.15, 0.2) is 48.5 Å². The van der Waals surface area contributed by atoms with Gasteiger partial charge in [0.15, 0.2) is 0 Å². The summed E-state index contributed by atoms with van der Waals surface area (Å²) in [5.74, 6) is -0.429. The molecule has 0 aliphatic rings. The highest BCUT2D eigenvalue weighted by atomic mass is 16.2. The summed E-state index contributed by atoms with van der Waals surface area (Å²) >= 11 is 0. The standard InChI is InChI=1S/C24H28N4O2/c1-6-28(17-11-9-10-16(14-17)15(2)3)24(30)21(25)20-18-12-7-8-13-19(18)27(5)22(20)23(29)26-4/h7-15,25H,6H2,1-5H3,(H,26,29). The van der Waals surface area contributed by atoms with Gasteiger partial charge in [-0.05, 0) is 36.6 Å². The van der Waals surface area contributed by atoms with E-state index < -0.39 is 5.91 Å². The predicted molar refractivity (Wildman–Crippen MR) is 122 cm³/mol. The van der Waals surface area contributed by atoms with Gasteiger partial charge in [0.25, 0.3) is 11.8 Å². The van der Waals surface area contributed by atoms with Gasteiger partial charge in [-0.2, -0.15) is 0 Å². The number of hydrogen-bond acceptors (Lipinski definition) is 3. The zero-order valence-corrected chi connectivity index (χ0v) is 18.1. The normalized spacial score (nSPS) is 11.0. The molecule has 0 spiro atoms. The first-order valence-electron chi connectivity index (χ1n) is 10.1. The molecular weight excluding hydrogens is 376 g/mol. The number of nitrogens with zero attached hydrogens (tertiary/aromatic N) is 2. The number of aromatic nitrogens is 1. The third-order valence-corrected chi connectivity index (χ3v) is 5.42. The van der Waals surface area contributed by atoms with E-state index in [0.717, 1.165) is 16.8 Å². The van der Waals surface area contributed by atoms with Gasteiger partial charge in [-0.1, -0.05) is 44.2 Å². The SMILES string of the molecule is CCN(C(=O)C(=N)c1c(C(=O)NC)n(C)c2ccccc12)c1cccc(C(C)C)c1. The van der Waals surface area contributed by atoms with Gasteiger partial charge < -0.3 is 14.8 Å². The second-order valence-electron chi connectivity index (χ2n) is 7.55. The summed E-state index contributed by atoms with van der Waals surface area (Å²) < 4.78 is 1.74. The van der Waals surface area contributed by atoms with Crippen LogP contribution in [0, 0.1) is 5.41 Å². The average Bonchev–Trinajstić information content (AvgIpc) is 3.06. The second-order valence-corrected chi connectivity index (χ2v) is 7.55. The van der Waals surface area contributed by atoms with E-state index in [0.29, 0.717) is 29.1 Å². The quantitative estimate of drug-likeness (QED) is 0.607. The molecule has 0 aliphatic heterocycles. The van der Waals surface area contributed by atoms with E-state index in [1.165, 1.54) is 0 Å². The van der Waals surface area contributed by atoms with Gasteiger partial charge in [0, 0.05) is 42.8 Å². The summed E-state index contributed by atoms with van der Waals surface area (Å²) in [5, 5.41) is 12.1. The number of carbonyl (C=O) groups excluding carboxylic acids is 2. The third-order valence-electron chi connectivity index (χ3n) is 5.42. The summed E-state index contributed by atoms with van der Waals surface area (Å²) in [6.07, 6.45) is 0. The van der Waals surface area contributed by atoms with Crippen molar-refractivity contribution < 1.29 is 9.59 Å². The molecule has 1 aromatic heterocycles. The minimum Gasteiger partial charge on any atom is -0.354 e. The number of hydrogen-bond donors (Lipinski definition) is 2. The van der Waals surface area contributed by atoms with E-state index in [9.17, 15) is 9.59 Å². The Hall–Kier alpha value is -3.41. The first-order chi connectivity index (χ1) is 14.3. The number of benzene rings is 2. The Labute approximate surface area is 177 Å². The van der Waals surface area contributed by atoms with Crippen LogP contribution in [0.25, 0.3) is 10.9 Å². The van der Waals surface area contributed by atoms with E-state index >= 15 is 0 Å². The Kier molecular flexibility index (Phi) is 6.06. The van der Waals surface area contributed by atoms with Gasteiger partial charge in [0.1, 0.15) is 11.4 Å². The Morgan fingerprint density at radius 3 is 2.47 bits per heavy atom. The molecule has 6 nitrogen and oxygen atoms in total. The Morgan fingerprint density at radius 2 is 1.83 bits per heavy atom. The number of anilines is 1. The fourth-order valence-corrected chi connectivity index (χ4v) is 3.77. The van der Waals surface area contributed by atoms with Gasteiger partial charge in [-0.3, -0.25) is 15.0 Å². The Balaban J connectivity index is 2.12. The summed E-state index contributed by atoms with van der Waals surface area (Å²) in [6.45, 7) is 6.51. The minimum atomic E-state index is -0.431. The predicted octanol–water partition coefficient (Wildman–Crippen LogP) is 4.08. The van der Waals surface area contributed by atoms with Crippen LogP contribution in [0.2, 0.25) is 0 Å². The van der Waals surface area contributed by atoms with Crippen LogP contribution in [0.3, 0.4) is 0 Å². The molecule has 0 fully saturated rings. The van der Waals surface area contributed by atoms with Gasteiger partial charge in [0.2, 0.25) is 0 Å². The molecule has 0 atom stereocenters. The number of carbonyl (C=O) groups is 2. The lowest BCUT2D eigenvalue weighted by molar-refractivity contribution is -0.112. The third kappa shape index (κ3) is 3.61. The largest absolute Gasteiger partial charge is 0.354 e. The first-order valence-corrected chi connectivity index (χ1v) is 10.1. The molecule has 2 amide bonds. The number of fused-ring (bicyclic) bond motifs is 1. The highest BCUT2D eigenvalue weighted by molar-refractivity contribution is 6.51. The van der Waals surface area contributed by atoms with Crippen molar-refractivity contribution in [3.63, 3.8) is 0 Å². The lowest BCUT2D eigenvalue weighted by atomic mass is 10.0. The summed E-state index contributed by atoms with van der Waals surface area (Å²) in [7, 11) is 3.32. The molecule has 0 radical (unpaired) electrons. The minimum absolute atomic E-state index is 0.192. The Morgan fingerprint density at radius 1 is 1.13 bits per heavy atom. The summed E-state index contributed by atoms with van der Waals surface area (Å²) in [4.78, 5) is 27.6. The van der Waals surface area contributed by atoms with Crippen molar-refractivity contribution in [3.8, 4) is 0 Å². The van der Waals surface area contributed by atoms with Crippen LogP contribution in [0.1, 0.15) is 48.3 Å². The van der Waals surface area contributed by atoms with Crippen LogP contribution in [0.5, 0.6) is 0 Å². The molecule has 1 heterocycles. The van der Waals surface area contributed by atoms with E-state index in [-0.39, 0.29) is 11.6 Å². The van der Waals surface area contributed by atoms with Crippen LogP contribution >= 0.6 is 0 Å². The fourth-order valence-electron chi connectivity index (χ4n) is 3.77. The van der Waals surface area contributed by atoms with Crippen LogP contribution < -0.4 is 10.2 Å². The lowest BCUT2D eigenvalue weighted by Crippen LogP contribution is -2.37. The van der Waals surface area contributed by atoms with Crippen LogP contribution in [-0.2, 0) is 11.8 Å². The van der Waals surface area contributed by atoms with Crippen molar-refractivity contribution in [3.05, 3.63) is 65.4 Å². The van der Waals surface area contributed by atoms with Crippen molar-refractivity contribution in [1.29, 1.82) is 5.41 Å². The van der Waals surface area contributed by atoms with Crippen molar-refractivity contribution in [2.75, 3.05) is 18.5 Å². The molecule has 6 heteroatoms. The van der Waals surface area contributed by atoms with E-state index in [4.69, 9.17) is 5.41 Å². The average molecular weight is 405 g/mol. The fraction of sp³-hybridized carbons (Fsp3) is 0.292. The lowest BCUT2D eigenvalue weighted by Gasteiger charge is -2.23. The van der Waals surface area contributed by atoms with Crippen molar-refractivity contribution in [1.82, 2.24) is 9.88 Å². The maximum atomic E-state index is 13.4. The monoisotopic (exact) mass is 404 g/mol. The molecule has 0 aliphatic carbocycles. The molecule has 0 bridgehead atoms. The zero-order valence-electron chi connectivity index (χ0n) is 18.1. The molecule has 156 valence electrons. The molecule has 2 aromatic carbocycles. The number of amides is 2. The number of nitrogens with one attached hydrogen (secondary N) is 2. The van der Waals surface area contributed by atoms with Crippen LogP contribution in [0.4, 0.5) is 5.69 Å². The zero-order chi connectivity index (χ0) is 22.0. The molecule has 2 N–H and O–H groups in total. The van der Waals surface area contributed by atoms with Gasteiger partial charge in [-0.25, -0.2) is 0 Å². The summed E-state index contributed by atoms with van der Waals surface area (Å²) in [6, 6.07) is 15.3. The van der Waals surface area contributed by atoms with Gasteiger partial charge in [0.05, 0.1) is 0 Å². The van der Waals surface area contributed by atoms with E-state index in [2.05, 4.69) is 19.2 Å². The summed E-state index contributed by atoms with van der Waals surface area (Å²) in [5.41, 5.74) is 3.15. The van der Waals surface area contributed by atoms with E-state index in [1.54, 1.807) is 23.6 Å². The highest BCUT2D eigenvalue weighted by Crippen LogP contribution is 2.28. The van der Waals surface area contributed by atoms with Crippen molar-refractivity contribution in [2.24, 2.45) is 7.05 Å². The number of para-hydroxylation sites is 1. The van der Waals surface area contributed by atoms with Crippen LogP contribution in [-0.4, -0.2) is 35.7 Å². The molecular formula is C24H28N4O2. The molecule has 30 heavy (non-hydrogen) atoms. The topological polar surface area (TPSA) is 78.2 Å². The number of rotatable bonds is 6. The Bertz CT molecular complexity index is 1130. The van der Waals surface area contributed by atoms with Crippen molar-refractivity contribution >= 4 is 34.1 Å². The smallest absolute Gasteiger partial charge is 0.276 e. The number of aryl methyl sites for hydroxylation is 1. The molecule has 0 saturated heterocycles. The van der Waals surface area contributed by atoms with Gasteiger partial charge >= 0.3 is 0 Å². The maximum absolute atomic E-state index is 13.4. The molecule has 0 saturated carbocycles. The molecule has 3 rings (SSSR count). The molecule has 3 aromatic rings. The second kappa shape index (κ2) is 8.53. The van der Waals surface area contributed by atoms with Crippen molar-refractivity contribution in [2.45, 2.75) is 26.7 Å². The number of likely N-dealkylation sites (N-methyl/N-ethyl adjacent to an activating group) is 1.